The van der Waals surface area contributed by atoms with Crippen molar-refractivity contribution in [2.75, 3.05) is 13.1 Å². The van der Waals surface area contributed by atoms with E-state index in [0.717, 1.165) is 31.0 Å². The van der Waals surface area contributed by atoms with Crippen molar-refractivity contribution in [2.24, 2.45) is 5.92 Å². The highest BCUT2D eigenvalue weighted by Crippen LogP contribution is 2.27. The summed E-state index contributed by atoms with van der Waals surface area (Å²) in [6, 6.07) is 3.91. The van der Waals surface area contributed by atoms with E-state index in [1.54, 1.807) is 6.07 Å². The summed E-state index contributed by atoms with van der Waals surface area (Å²) in [6.45, 7) is 5.31. The second-order valence-electron chi connectivity index (χ2n) is 5.70. The molecule has 0 radical (unpaired) electrons. The highest BCUT2D eigenvalue weighted by molar-refractivity contribution is 5.85. The normalized spacial score (nSPS) is 22.5. The summed E-state index contributed by atoms with van der Waals surface area (Å²) < 4.78 is 26.5. The van der Waals surface area contributed by atoms with Crippen molar-refractivity contribution in [3.8, 4) is 0 Å². The molecule has 1 aliphatic rings. The van der Waals surface area contributed by atoms with Crippen LogP contribution >= 0.6 is 12.4 Å². The molecule has 0 aromatic heterocycles. The third-order valence-electron chi connectivity index (χ3n) is 4.24. The molecule has 124 valence electrons. The zero-order valence-corrected chi connectivity index (χ0v) is 13.7. The fourth-order valence-electron chi connectivity index (χ4n) is 2.66. The summed E-state index contributed by atoms with van der Waals surface area (Å²) >= 11 is 0. The van der Waals surface area contributed by atoms with Gasteiger partial charge in [0.25, 0.3) is 0 Å². The summed E-state index contributed by atoms with van der Waals surface area (Å²) in [5, 5.41) is 6.27. The van der Waals surface area contributed by atoms with Gasteiger partial charge in [-0.05, 0) is 37.1 Å². The first-order chi connectivity index (χ1) is 10.0. The Kier molecular flexibility index (Phi) is 7.23. The minimum Gasteiger partial charge on any atom is -0.351 e. The number of benzene rings is 1. The minimum absolute atomic E-state index is 0. The Morgan fingerprint density at radius 2 is 2.14 bits per heavy atom. The molecule has 1 aromatic carbocycles. The molecular formula is C16H23ClF2N2O. The molecule has 6 heteroatoms. The molecule has 0 spiro atoms. The molecule has 0 bridgehead atoms. The van der Waals surface area contributed by atoms with Crippen molar-refractivity contribution < 1.29 is 13.6 Å². The van der Waals surface area contributed by atoms with Crippen molar-refractivity contribution in [3.63, 3.8) is 0 Å². The molecule has 1 heterocycles. The third kappa shape index (κ3) is 4.40. The average molecular weight is 333 g/mol. The first-order valence-electron chi connectivity index (χ1n) is 7.49. The van der Waals surface area contributed by atoms with E-state index in [1.165, 1.54) is 6.07 Å². The molecule has 2 N–H and O–H groups in total. The number of piperidine rings is 1. The van der Waals surface area contributed by atoms with Crippen LogP contribution in [0.4, 0.5) is 8.78 Å². The average Bonchev–Trinajstić information content (AvgIpc) is 2.49. The van der Waals surface area contributed by atoms with Crippen LogP contribution in [0.25, 0.3) is 0 Å². The van der Waals surface area contributed by atoms with E-state index in [9.17, 15) is 13.6 Å². The molecule has 0 aliphatic carbocycles. The number of rotatable bonds is 4. The summed E-state index contributed by atoms with van der Waals surface area (Å²) in [5.41, 5.74) is 0.741. The minimum atomic E-state index is -0.840. The van der Waals surface area contributed by atoms with Crippen LogP contribution in [-0.4, -0.2) is 25.0 Å². The van der Waals surface area contributed by atoms with Crippen LogP contribution in [0.3, 0.4) is 0 Å². The quantitative estimate of drug-likeness (QED) is 0.890. The number of hydrogen-bond acceptors (Lipinski definition) is 2. The maximum atomic E-state index is 13.4. The van der Waals surface area contributed by atoms with E-state index in [2.05, 4.69) is 10.6 Å². The lowest BCUT2D eigenvalue weighted by Gasteiger charge is -2.34. The smallest absolute Gasteiger partial charge is 0.223 e. The zero-order chi connectivity index (χ0) is 15.4. The Morgan fingerprint density at radius 1 is 1.41 bits per heavy atom. The van der Waals surface area contributed by atoms with Gasteiger partial charge in [-0.15, -0.1) is 12.4 Å². The standard InChI is InChI=1S/C16H22F2N2O.ClH/c1-3-10(2)16(21)20-15-9-19-7-6-12(15)11-4-5-13(17)14(18)8-11;/h4-5,8,10,12,15,19H,3,6-7,9H2,1-2H3,(H,20,21);1H. The molecular weight excluding hydrogens is 310 g/mol. The van der Waals surface area contributed by atoms with E-state index < -0.39 is 11.6 Å². The van der Waals surface area contributed by atoms with Crippen molar-refractivity contribution in [3.05, 3.63) is 35.4 Å². The Labute approximate surface area is 136 Å². The summed E-state index contributed by atoms with van der Waals surface area (Å²) in [4.78, 5) is 12.1. The van der Waals surface area contributed by atoms with Gasteiger partial charge in [0.15, 0.2) is 11.6 Å². The molecule has 22 heavy (non-hydrogen) atoms. The van der Waals surface area contributed by atoms with E-state index in [4.69, 9.17) is 0 Å². The van der Waals surface area contributed by atoms with E-state index in [-0.39, 0.29) is 36.2 Å². The second-order valence-corrected chi connectivity index (χ2v) is 5.70. The third-order valence-corrected chi connectivity index (χ3v) is 4.24. The predicted molar refractivity (Wildman–Crippen MR) is 85.2 cm³/mol. The van der Waals surface area contributed by atoms with Crippen LogP contribution in [-0.2, 0) is 4.79 Å². The van der Waals surface area contributed by atoms with Gasteiger partial charge in [0.2, 0.25) is 5.91 Å². The molecule has 3 nitrogen and oxygen atoms in total. The van der Waals surface area contributed by atoms with Crippen molar-refractivity contribution in [2.45, 2.75) is 38.6 Å². The zero-order valence-electron chi connectivity index (χ0n) is 12.9. The van der Waals surface area contributed by atoms with Gasteiger partial charge in [-0.3, -0.25) is 4.79 Å². The molecule has 1 aliphatic heterocycles. The van der Waals surface area contributed by atoms with E-state index >= 15 is 0 Å². The fraction of sp³-hybridized carbons (Fsp3) is 0.562. The monoisotopic (exact) mass is 332 g/mol. The molecule has 0 saturated carbocycles. The van der Waals surface area contributed by atoms with Gasteiger partial charge >= 0.3 is 0 Å². The number of hydrogen-bond donors (Lipinski definition) is 2. The largest absolute Gasteiger partial charge is 0.351 e. The Morgan fingerprint density at radius 3 is 2.77 bits per heavy atom. The second kappa shape index (κ2) is 8.44. The number of nitrogens with one attached hydrogen (secondary N) is 2. The highest BCUT2D eigenvalue weighted by atomic mass is 35.5. The van der Waals surface area contributed by atoms with Crippen LogP contribution in [0.2, 0.25) is 0 Å². The molecule has 3 atom stereocenters. The molecule has 2 rings (SSSR count). The Balaban J connectivity index is 0.00000242. The van der Waals surface area contributed by atoms with Gasteiger partial charge in [-0.2, -0.15) is 0 Å². The van der Waals surface area contributed by atoms with Crippen molar-refractivity contribution in [1.82, 2.24) is 10.6 Å². The highest BCUT2D eigenvalue weighted by Gasteiger charge is 2.29. The van der Waals surface area contributed by atoms with Crippen LogP contribution in [0.1, 0.15) is 38.2 Å². The van der Waals surface area contributed by atoms with E-state index in [1.807, 2.05) is 13.8 Å². The lowest BCUT2D eigenvalue weighted by atomic mass is 9.85. The van der Waals surface area contributed by atoms with Crippen LogP contribution < -0.4 is 10.6 Å². The number of carbonyl (C=O) groups is 1. The fourth-order valence-corrected chi connectivity index (χ4v) is 2.66. The van der Waals surface area contributed by atoms with Gasteiger partial charge in [-0.1, -0.05) is 19.9 Å². The molecule has 1 saturated heterocycles. The van der Waals surface area contributed by atoms with Crippen LogP contribution in [0.5, 0.6) is 0 Å². The predicted octanol–water partition coefficient (Wildman–Crippen LogP) is 2.99. The van der Waals surface area contributed by atoms with Crippen LogP contribution in [0, 0.1) is 17.6 Å². The van der Waals surface area contributed by atoms with Crippen molar-refractivity contribution in [1.29, 1.82) is 0 Å². The molecule has 1 fully saturated rings. The number of halogens is 3. The first-order valence-corrected chi connectivity index (χ1v) is 7.49. The summed E-state index contributed by atoms with van der Waals surface area (Å²) in [6.07, 6.45) is 1.57. The lowest BCUT2D eigenvalue weighted by molar-refractivity contribution is -0.125. The SMILES string of the molecule is CCC(C)C(=O)NC1CNCCC1c1ccc(F)c(F)c1.Cl. The molecule has 3 unspecified atom stereocenters. The lowest BCUT2D eigenvalue weighted by Crippen LogP contribution is -2.51. The topological polar surface area (TPSA) is 41.1 Å². The van der Waals surface area contributed by atoms with Crippen LogP contribution in [0.15, 0.2) is 18.2 Å². The van der Waals surface area contributed by atoms with Gasteiger partial charge in [0.1, 0.15) is 0 Å². The van der Waals surface area contributed by atoms with Gasteiger partial charge in [0, 0.05) is 24.4 Å². The van der Waals surface area contributed by atoms with Gasteiger partial charge in [-0.25, -0.2) is 8.78 Å². The molecule has 1 aromatic rings. The maximum Gasteiger partial charge on any atom is 0.223 e. The number of carbonyl (C=O) groups excluding carboxylic acids is 1. The maximum absolute atomic E-state index is 13.4. The first kappa shape index (κ1) is 18.8. The Bertz CT molecular complexity index is 513. The van der Waals surface area contributed by atoms with E-state index in [0.29, 0.717) is 6.54 Å². The Hall–Kier alpha value is -1.20. The van der Waals surface area contributed by atoms with Crippen molar-refractivity contribution >= 4 is 18.3 Å². The molecule has 1 amide bonds. The number of amides is 1. The van der Waals surface area contributed by atoms with Gasteiger partial charge in [0.05, 0.1) is 0 Å². The summed E-state index contributed by atoms with van der Waals surface area (Å²) in [5.74, 6) is -1.70. The van der Waals surface area contributed by atoms with Gasteiger partial charge < -0.3 is 10.6 Å². The summed E-state index contributed by atoms with van der Waals surface area (Å²) in [7, 11) is 0.